The SMILES string of the molecule is COc1cc(Cl)cc(-c2ccc3ncc(C(=O)C(C)C)c(NC4CCC(CN(C)C)CC4)c3c2)c1. The van der Waals surface area contributed by atoms with E-state index in [-0.39, 0.29) is 11.7 Å². The Hall–Kier alpha value is -2.63. The second-order valence-electron chi connectivity index (χ2n) is 10.3. The number of fused-ring (bicyclic) bond motifs is 1. The first-order valence-corrected chi connectivity index (χ1v) is 12.9. The predicted molar refractivity (Wildman–Crippen MR) is 146 cm³/mol. The van der Waals surface area contributed by atoms with Gasteiger partial charge in [-0.25, -0.2) is 0 Å². The van der Waals surface area contributed by atoms with E-state index < -0.39 is 0 Å². The second-order valence-corrected chi connectivity index (χ2v) is 10.7. The van der Waals surface area contributed by atoms with E-state index in [1.54, 1.807) is 19.4 Å². The van der Waals surface area contributed by atoms with Crippen LogP contribution in [-0.2, 0) is 0 Å². The molecule has 2 aromatic carbocycles. The first kappa shape index (κ1) is 25.5. The molecule has 1 fully saturated rings. The van der Waals surface area contributed by atoms with Crippen LogP contribution in [0.25, 0.3) is 22.0 Å². The van der Waals surface area contributed by atoms with Crippen LogP contribution in [0, 0.1) is 11.8 Å². The fraction of sp³-hybridized carbons (Fsp3) is 0.448. The van der Waals surface area contributed by atoms with Gasteiger partial charge in [0.1, 0.15) is 5.75 Å². The highest BCUT2D eigenvalue weighted by Gasteiger charge is 2.25. The average Bonchev–Trinajstić information content (AvgIpc) is 2.83. The van der Waals surface area contributed by atoms with Crippen molar-refractivity contribution in [2.75, 3.05) is 33.1 Å². The molecule has 1 aliphatic rings. The lowest BCUT2D eigenvalue weighted by atomic mass is 9.85. The Kier molecular flexibility index (Phi) is 7.98. The topological polar surface area (TPSA) is 54.5 Å². The number of carbonyl (C=O) groups is 1. The second kappa shape index (κ2) is 11.0. The van der Waals surface area contributed by atoms with Crippen LogP contribution >= 0.6 is 11.6 Å². The van der Waals surface area contributed by atoms with Gasteiger partial charge in [0.05, 0.1) is 23.9 Å². The van der Waals surface area contributed by atoms with E-state index in [4.69, 9.17) is 16.3 Å². The number of ether oxygens (including phenoxy) is 1. The summed E-state index contributed by atoms with van der Waals surface area (Å²) in [5.74, 6) is 1.45. The van der Waals surface area contributed by atoms with Crippen molar-refractivity contribution >= 4 is 34.0 Å². The third-order valence-electron chi connectivity index (χ3n) is 6.92. The Morgan fingerprint density at radius 2 is 1.86 bits per heavy atom. The molecular weight excluding hydrogens is 458 g/mol. The third kappa shape index (κ3) is 5.96. The lowest BCUT2D eigenvalue weighted by Gasteiger charge is -2.32. The molecule has 0 aliphatic heterocycles. The van der Waals surface area contributed by atoms with Crippen LogP contribution in [0.2, 0.25) is 5.02 Å². The molecule has 35 heavy (non-hydrogen) atoms. The zero-order chi connectivity index (χ0) is 25.1. The molecule has 0 radical (unpaired) electrons. The number of pyridine rings is 1. The molecule has 0 spiro atoms. The fourth-order valence-corrected chi connectivity index (χ4v) is 5.31. The van der Waals surface area contributed by atoms with Gasteiger partial charge in [-0.15, -0.1) is 0 Å². The summed E-state index contributed by atoms with van der Waals surface area (Å²) in [6, 6.07) is 12.2. The summed E-state index contributed by atoms with van der Waals surface area (Å²) < 4.78 is 5.42. The molecule has 1 aliphatic carbocycles. The number of methoxy groups -OCH3 is 1. The van der Waals surface area contributed by atoms with Crippen LogP contribution < -0.4 is 10.1 Å². The molecule has 0 unspecified atom stereocenters. The molecule has 0 saturated heterocycles. The van der Waals surface area contributed by atoms with Gasteiger partial charge >= 0.3 is 0 Å². The summed E-state index contributed by atoms with van der Waals surface area (Å²) in [5.41, 5.74) is 4.41. The first-order valence-electron chi connectivity index (χ1n) is 12.5. The highest BCUT2D eigenvalue weighted by Crippen LogP contribution is 2.36. The number of nitrogens with zero attached hydrogens (tertiary/aromatic N) is 2. The molecule has 5 nitrogen and oxygen atoms in total. The van der Waals surface area contributed by atoms with Crippen LogP contribution in [0.3, 0.4) is 0 Å². The van der Waals surface area contributed by atoms with Crippen molar-refractivity contribution in [1.29, 1.82) is 0 Å². The lowest BCUT2D eigenvalue weighted by Crippen LogP contribution is -2.31. The Morgan fingerprint density at radius 1 is 1.11 bits per heavy atom. The summed E-state index contributed by atoms with van der Waals surface area (Å²) in [7, 11) is 5.92. The Morgan fingerprint density at radius 3 is 2.51 bits per heavy atom. The smallest absolute Gasteiger partial charge is 0.169 e. The van der Waals surface area contributed by atoms with Gasteiger partial charge in [-0.2, -0.15) is 0 Å². The van der Waals surface area contributed by atoms with Crippen molar-refractivity contribution in [1.82, 2.24) is 9.88 Å². The van der Waals surface area contributed by atoms with E-state index in [0.29, 0.717) is 22.4 Å². The molecule has 0 bridgehead atoms. The molecule has 1 heterocycles. The van der Waals surface area contributed by atoms with Crippen LogP contribution in [-0.4, -0.2) is 49.5 Å². The van der Waals surface area contributed by atoms with Gasteiger partial charge in [-0.1, -0.05) is 31.5 Å². The number of Topliss-reactive ketones (excluding diaryl/α,β-unsaturated/α-hetero) is 1. The van der Waals surface area contributed by atoms with Gasteiger partial charge in [0, 0.05) is 35.1 Å². The number of ketones is 1. The number of nitrogens with one attached hydrogen (secondary N) is 1. The lowest BCUT2D eigenvalue weighted by molar-refractivity contribution is 0.0940. The number of benzene rings is 2. The average molecular weight is 494 g/mol. The fourth-order valence-electron chi connectivity index (χ4n) is 5.08. The van der Waals surface area contributed by atoms with Crippen LogP contribution in [0.5, 0.6) is 5.75 Å². The molecule has 0 amide bonds. The summed E-state index contributed by atoms with van der Waals surface area (Å²) in [5, 5.41) is 5.37. The predicted octanol–water partition coefficient (Wildman–Crippen LogP) is 6.93. The molecule has 1 aromatic heterocycles. The summed E-state index contributed by atoms with van der Waals surface area (Å²) in [6.45, 7) is 5.02. The minimum atomic E-state index is -0.106. The van der Waals surface area contributed by atoms with Crippen molar-refractivity contribution < 1.29 is 9.53 Å². The number of hydrogen-bond acceptors (Lipinski definition) is 5. The Balaban J connectivity index is 1.74. The van der Waals surface area contributed by atoms with E-state index in [2.05, 4.69) is 35.4 Å². The number of rotatable bonds is 8. The maximum Gasteiger partial charge on any atom is 0.169 e. The minimum Gasteiger partial charge on any atom is -0.497 e. The standard InChI is InChI=1S/C29H36ClN3O2/c1-18(2)29(34)26-16-31-27-11-8-20(21-12-22(30)15-24(13-21)35-5)14-25(27)28(26)32-23-9-6-19(7-10-23)17-33(3)4/h8,11-16,18-19,23H,6-7,9-10,17H2,1-5H3,(H,31,32). The maximum absolute atomic E-state index is 13.2. The molecule has 186 valence electrons. The highest BCUT2D eigenvalue weighted by molar-refractivity contribution is 6.31. The zero-order valence-electron chi connectivity index (χ0n) is 21.4. The maximum atomic E-state index is 13.2. The molecule has 6 heteroatoms. The quantitative estimate of drug-likeness (QED) is 0.344. The van der Waals surface area contributed by atoms with Gasteiger partial charge in [-0.05, 0) is 87.2 Å². The zero-order valence-corrected chi connectivity index (χ0v) is 22.2. The van der Waals surface area contributed by atoms with E-state index in [0.717, 1.165) is 53.0 Å². The summed E-state index contributed by atoms with van der Waals surface area (Å²) >= 11 is 6.35. The van der Waals surface area contributed by atoms with Crippen LogP contribution in [0.15, 0.2) is 42.6 Å². The third-order valence-corrected chi connectivity index (χ3v) is 7.13. The molecular formula is C29H36ClN3O2. The molecule has 1 saturated carbocycles. The van der Waals surface area contributed by atoms with Gasteiger partial charge in [-0.3, -0.25) is 9.78 Å². The summed E-state index contributed by atoms with van der Waals surface area (Å²) in [4.78, 5) is 20.1. The number of carbonyl (C=O) groups excluding carboxylic acids is 1. The van der Waals surface area contributed by atoms with Crippen LogP contribution in [0.1, 0.15) is 49.9 Å². The highest BCUT2D eigenvalue weighted by atomic mass is 35.5. The number of anilines is 1. The number of aromatic nitrogens is 1. The van der Waals surface area contributed by atoms with Gasteiger partial charge in [0.2, 0.25) is 0 Å². The Bertz CT molecular complexity index is 1200. The molecule has 3 aromatic rings. The van der Waals surface area contributed by atoms with E-state index in [1.807, 2.05) is 38.1 Å². The van der Waals surface area contributed by atoms with E-state index >= 15 is 0 Å². The minimum absolute atomic E-state index is 0.106. The van der Waals surface area contributed by atoms with E-state index in [1.165, 1.54) is 12.8 Å². The normalized spacial score (nSPS) is 18.3. The van der Waals surface area contributed by atoms with Crippen LogP contribution in [0.4, 0.5) is 5.69 Å². The van der Waals surface area contributed by atoms with E-state index in [9.17, 15) is 4.79 Å². The number of hydrogen-bond donors (Lipinski definition) is 1. The van der Waals surface area contributed by atoms with Crippen molar-refractivity contribution in [2.45, 2.75) is 45.6 Å². The van der Waals surface area contributed by atoms with Crippen molar-refractivity contribution in [2.24, 2.45) is 11.8 Å². The van der Waals surface area contributed by atoms with Gasteiger partial charge in [0.25, 0.3) is 0 Å². The van der Waals surface area contributed by atoms with Crippen molar-refractivity contribution in [3.05, 3.63) is 53.2 Å². The monoisotopic (exact) mass is 493 g/mol. The Labute approximate surface area is 213 Å². The summed E-state index contributed by atoms with van der Waals surface area (Å²) in [6.07, 6.45) is 6.33. The van der Waals surface area contributed by atoms with Crippen molar-refractivity contribution in [3.63, 3.8) is 0 Å². The first-order chi connectivity index (χ1) is 16.7. The van der Waals surface area contributed by atoms with Gasteiger partial charge < -0.3 is 15.0 Å². The molecule has 1 N–H and O–H groups in total. The largest absolute Gasteiger partial charge is 0.497 e. The van der Waals surface area contributed by atoms with Crippen molar-refractivity contribution in [3.8, 4) is 16.9 Å². The van der Waals surface area contributed by atoms with Gasteiger partial charge in [0.15, 0.2) is 5.78 Å². The number of halogens is 1. The molecule has 0 atom stereocenters. The molecule has 4 rings (SSSR count).